The third kappa shape index (κ3) is 5.06. The van der Waals surface area contributed by atoms with Gasteiger partial charge in [0.2, 0.25) is 11.8 Å². The van der Waals surface area contributed by atoms with Crippen molar-refractivity contribution in [1.29, 1.82) is 0 Å². The number of amides is 2. The van der Waals surface area contributed by atoms with Gasteiger partial charge in [0.05, 0.1) is 11.3 Å². The number of carbonyl (C=O) groups is 2. The Morgan fingerprint density at radius 3 is 2.11 bits per heavy atom. The molecule has 8 heteroatoms. The van der Waals surface area contributed by atoms with E-state index in [1.807, 2.05) is 0 Å². The minimum Gasteiger partial charge on any atom is -0.351 e. The van der Waals surface area contributed by atoms with Crippen molar-refractivity contribution < 1.29 is 27.2 Å². The van der Waals surface area contributed by atoms with Crippen molar-refractivity contribution in [3.05, 3.63) is 65.5 Å². The Bertz CT molecular complexity index is 830. The van der Waals surface area contributed by atoms with E-state index in [4.69, 9.17) is 0 Å². The van der Waals surface area contributed by atoms with Crippen molar-refractivity contribution in [3.63, 3.8) is 0 Å². The van der Waals surface area contributed by atoms with E-state index in [2.05, 4.69) is 10.6 Å². The lowest BCUT2D eigenvalue weighted by molar-refractivity contribution is -0.138. The minimum absolute atomic E-state index is 0.0506. The molecule has 0 fully saturated rings. The van der Waals surface area contributed by atoms with Crippen molar-refractivity contribution in [2.45, 2.75) is 26.6 Å². The molecule has 2 aromatic carbocycles. The fourth-order valence-electron chi connectivity index (χ4n) is 2.23. The molecule has 2 rings (SSSR count). The fourth-order valence-corrected chi connectivity index (χ4v) is 2.23. The summed E-state index contributed by atoms with van der Waals surface area (Å²) in [5.41, 5.74) is -2.43. The van der Waals surface area contributed by atoms with Gasteiger partial charge in [-0.15, -0.1) is 0 Å². The molecular formula is C19H18F4N2O2. The monoisotopic (exact) mass is 382 g/mol. The van der Waals surface area contributed by atoms with Crippen LogP contribution in [0.15, 0.2) is 48.5 Å². The highest BCUT2D eigenvalue weighted by Crippen LogP contribution is 2.35. The van der Waals surface area contributed by atoms with E-state index >= 15 is 0 Å². The number of carbonyl (C=O) groups excluding carboxylic acids is 2. The zero-order valence-electron chi connectivity index (χ0n) is 14.7. The van der Waals surface area contributed by atoms with Gasteiger partial charge in [0.15, 0.2) is 0 Å². The molecule has 0 heterocycles. The van der Waals surface area contributed by atoms with Crippen LogP contribution >= 0.6 is 0 Å². The first-order valence-corrected chi connectivity index (χ1v) is 8.02. The van der Waals surface area contributed by atoms with Gasteiger partial charge < -0.3 is 10.6 Å². The second kappa shape index (κ2) is 7.77. The molecule has 0 saturated heterocycles. The largest absolute Gasteiger partial charge is 0.418 e. The Balaban J connectivity index is 2.08. The molecule has 0 bridgehead atoms. The van der Waals surface area contributed by atoms with Gasteiger partial charge in [-0.2, -0.15) is 13.2 Å². The lowest BCUT2D eigenvalue weighted by atomic mass is 9.90. The number of halogens is 4. The van der Waals surface area contributed by atoms with Gasteiger partial charge in [-0.25, -0.2) is 4.39 Å². The lowest BCUT2D eigenvalue weighted by Crippen LogP contribution is -2.45. The highest BCUT2D eigenvalue weighted by Gasteiger charge is 2.38. The summed E-state index contributed by atoms with van der Waals surface area (Å²) >= 11 is 0. The fraction of sp³-hybridized carbons (Fsp3) is 0.263. The summed E-state index contributed by atoms with van der Waals surface area (Å²) in [6.07, 6.45) is -4.64. The highest BCUT2D eigenvalue weighted by atomic mass is 19.4. The van der Waals surface area contributed by atoms with Gasteiger partial charge in [-0.05, 0) is 43.7 Å². The van der Waals surface area contributed by atoms with Gasteiger partial charge in [0.1, 0.15) is 11.2 Å². The molecule has 4 nitrogen and oxygen atoms in total. The lowest BCUT2D eigenvalue weighted by Gasteiger charge is -2.24. The minimum atomic E-state index is -4.64. The topological polar surface area (TPSA) is 58.2 Å². The second-order valence-electron chi connectivity index (χ2n) is 6.43. The van der Waals surface area contributed by atoms with E-state index in [0.717, 1.165) is 12.1 Å². The van der Waals surface area contributed by atoms with Gasteiger partial charge >= 0.3 is 6.18 Å². The van der Waals surface area contributed by atoms with Crippen LogP contribution in [0.25, 0.3) is 0 Å². The summed E-state index contributed by atoms with van der Waals surface area (Å²) in [6.45, 7) is 2.66. The number of rotatable bonds is 5. The molecule has 2 N–H and O–H groups in total. The summed E-state index contributed by atoms with van der Waals surface area (Å²) in [7, 11) is 0. The molecule has 0 atom stereocenters. The normalized spacial score (nSPS) is 11.8. The summed E-state index contributed by atoms with van der Waals surface area (Å²) < 4.78 is 52.0. The van der Waals surface area contributed by atoms with Gasteiger partial charge in [-0.1, -0.05) is 24.3 Å². The summed E-state index contributed by atoms with van der Waals surface area (Å²) in [5.74, 6) is -1.97. The van der Waals surface area contributed by atoms with Crippen LogP contribution < -0.4 is 10.6 Å². The maximum Gasteiger partial charge on any atom is 0.418 e. The maximum absolute atomic E-state index is 13.0. The summed E-state index contributed by atoms with van der Waals surface area (Å²) in [5, 5.41) is 4.70. The maximum atomic E-state index is 13.0. The van der Waals surface area contributed by atoms with Crippen LogP contribution in [0.1, 0.15) is 25.0 Å². The number of para-hydroxylation sites is 1. The van der Waals surface area contributed by atoms with E-state index in [0.29, 0.717) is 5.56 Å². The smallest absolute Gasteiger partial charge is 0.351 e. The van der Waals surface area contributed by atoms with Gasteiger partial charge in [0, 0.05) is 6.54 Å². The van der Waals surface area contributed by atoms with Crippen LogP contribution in [0.2, 0.25) is 0 Å². The molecule has 0 aliphatic rings. The quantitative estimate of drug-likeness (QED) is 0.604. The number of benzene rings is 2. The van der Waals surface area contributed by atoms with E-state index in [1.165, 1.54) is 50.2 Å². The Kier molecular flexibility index (Phi) is 5.88. The van der Waals surface area contributed by atoms with Crippen LogP contribution in [0.3, 0.4) is 0 Å². The van der Waals surface area contributed by atoms with Gasteiger partial charge in [-0.3, -0.25) is 9.59 Å². The summed E-state index contributed by atoms with van der Waals surface area (Å²) in [6, 6.07) is 9.93. The first kappa shape index (κ1) is 20.4. The number of nitrogens with one attached hydrogen (secondary N) is 2. The molecule has 2 amide bonds. The molecule has 2 aromatic rings. The predicted molar refractivity (Wildman–Crippen MR) is 92.1 cm³/mol. The Morgan fingerprint density at radius 2 is 1.52 bits per heavy atom. The van der Waals surface area contributed by atoms with Crippen LogP contribution in [-0.4, -0.2) is 11.8 Å². The van der Waals surface area contributed by atoms with E-state index < -0.39 is 40.5 Å². The Labute approximate surface area is 153 Å². The molecule has 0 spiro atoms. The number of alkyl halides is 3. The number of anilines is 1. The van der Waals surface area contributed by atoms with E-state index in [9.17, 15) is 27.2 Å². The van der Waals surface area contributed by atoms with Crippen LogP contribution in [-0.2, 0) is 22.3 Å². The average Bonchev–Trinajstić information content (AvgIpc) is 2.60. The third-order valence-corrected chi connectivity index (χ3v) is 3.98. The molecule has 27 heavy (non-hydrogen) atoms. The SMILES string of the molecule is CC(C)(C(=O)NCc1ccc(F)cc1)C(=O)Nc1ccccc1C(F)(F)F. The van der Waals surface area contributed by atoms with Crippen molar-refractivity contribution in [2.24, 2.45) is 5.41 Å². The molecule has 0 radical (unpaired) electrons. The molecule has 0 aliphatic carbocycles. The molecule has 144 valence electrons. The third-order valence-electron chi connectivity index (χ3n) is 3.98. The molecular weight excluding hydrogens is 364 g/mol. The number of hydrogen-bond acceptors (Lipinski definition) is 2. The highest BCUT2D eigenvalue weighted by molar-refractivity contribution is 6.10. The van der Waals surface area contributed by atoms with E-state index in [1.54, 1.807) is 0 Å². The predicted octanol–water partition coefficient (Wildman–Crippen LogP) is 4.13. The molecule has 0 unspecified atom stereocenters. The average molecular weight is 382 g/mol. The second-order valence-corrected chi connectivity index (χ2v) is 6.43. The number of hydrogen-bond donors (Lipinski definition) is 2. The van der Waals surface area contributed by atoms with Crippen LogP contribution in [0, 0.1) is 11.2 Å². The van der Waals surface area contributed by atoms with Crippen molar-refractivity contribution in [1.82, 2.24) is 5.32 Å². The zero-order chi connectivity index (χ0) is 20.2. The van der Waals surface area contributed by atoms with Gasteiger partial charge in [0.25, 0.3) is 0 Å². The molecule has 0 aromatic heterocycles. The van der Waals surface area contributed by atoms with Crippen molar-refractivity contribution in [2.75, 3.05) is 5.32 Å². The van der Waals surface area contributed by atoms with Crippen molar-refractivity contribution >= 4 is 17.5 Å². The molecule has 0 saturated carbocycles. The van der Waals surface area contributed by atoms with E-state index in [-0.39, 0.29) is 6.54 Å². The Hall–Kier alpha value is -2.90. The summed E-state index contributed by atoms with van der Waals surface area (Å²) in [4.78, 5) is 24.8. The van der Waals surface area contributed by atoms with Crippen LogP contribution in [0.4, 0.5) is 23.2 Å². The Morgan fingerprint density at radius 1 is 0.926 bits per heavy atom. The molecule has 0 aliphatic heterocycles. The van der Waals surface area contributed by atoms with Crippen molar-refractivity contribution in [3.8, 4) is 0 Å². The first-order chi connectivity index (χ1) is 12.5. The first-order valence-electron chi connectivity index (χ1n) is 8.02. The standard InChI is InChI=1S/C19H18F4N2O2/c1-18(2,16(26)24-11-12-7-9-13(20)10-8-12)17(27)25-15-6-4-3-5-14(15)19(21,22)23/h3-10H,11H2,1-2H3,(H,24,26)(H,25,27). The van der Waals surface area contributed by atoms with Crippen LogP contribution in [0.5, 0.6) is 0 Å². The zero-order valence-corrected chi connectivity index (χ0v) is 14.7.